The van der Waals surface area contributed by atoms with Gasteiger partial charge in [-0.25, -0.2) is 4.79 Å². The Balaban J connectivity index is 0.00000144. The molecule has 70 valence electrons. The Kier molecular flexibility index (Phi) is 4.54. The quantitative estimate of drug-likeness (QED) is 0.838. The van der Waals surface area contributed by atoms with E-state index < -0.39 is 5.97 Å². The molecule has 0 aliphatic rings. The maximum absolute atomic E-state index is 10.8. The topological polar surface area (TPSA) is 37.3 Å². The molecule has 0 fully saturated rings. The molecule has 0 aliphatic heterocycles. The molecule has 0 bridgehead atoms. The van der Waals surface area contributed by atoms with E-state index in [1.165, 1.54) is 0 Å². The molecule has 1 aromatic rings. The first-order valence-corrected chi connectivity index (χ1v) is 3.84. The minimum absolute atomic E-state index is 0. The molecule has 0 amide bonds. The molecule has 0 spiro atoms. The third-order valence-electron chi connectivity index (χ3n) is 2.16. The molecular weight excluding hydrogens is 267 g/mol. The van der Waals surface area contributed by atoms with E-state index in [4.69, 9.17) is 5.11 Å². The maximum atomic E-state index is 10.8. The van der Waals surface area contributed by atoms with Crippen molar-refractivity contribution >= 4 is 31.8 Å². The van der Waals surface area contributed by atoms with Gasteiger partial charge in [0.25, 0.3) is 0 Å². The summed E-state index contributed by atoms with van der Waals surface area (Å²) in [6.07, 6.45) is 0. The number of hydrogen-bond donors (Lipinski definition) is 1. The van der Waals surface area contributed by atoms with Crippen LogP contribution in [0.3, 0.4) is 0 Å². The number of aryl methyl sites for hydroxylation is 2. The van der Waals surface area contributed by atoms with Crippen molar-refractivity contribution in [1.82, 2.24) is 0 Å². The summed E-state index contributed by atoms with van der Waals surface area (Å²) in [4.78, 5) is 10.8. The number of aromatic carboxylic acids is 1. The first kappa shape index (κ1) is 12.6. The molecule has 0 heterocycles. The molecule has 3 heteroatoms. The average Bonchev–Trinajstić information content (AvgIpc) is 1.97. The second kappa shape index (κ2) is 4.70. The van der Waals surface area contributed by atoms with E-state index in [0.29, 0.717) is 5.56 Å². The van der Waals surface area contributed by atoms with E-state index in [1.54, 1.807) is 0 Å². The van der Waals surface area contributed by atoms with Gasteiger partial charge in [-0.15, -0.1) is 0 Å². The molecule has 1 N–H and O–H groups in total. The van der Waals surface area contributed by atoms with Gasteiger partial charge in [0.1, 0.15) is 0 Å². The Bertz CT molecular complexity index is 332. The molecule has 13 heavy (non-hydrogen) atoms. The summed E-state index contributed by atoms with van der Waals surface area (Å²) < 4.78 is 0. The van der Waals surface area contributed by atoms with Crippen molar-refractivity contribution in [2.24, 2.45) is 0 Å². The van der Waals surface area contributed by atoms with Crippen LogP contribution in [-0.2, 0) is 0 Å². The normalized spacial score (nSPS) is 9.15. The molecule has 0 radical (unpaired) electrons. The van der Waals surface area contributed by atoms with Crippen LogP contribution in [0.1, 0.15) is 27.0 Å². The SMILES string of the molecule is Cc1ccc(C)c(C(=O)O)c1C.[InH3]. The van der Waals surface area contributed by atoms with Gasteiger partial charge in [-0.05, 0) is 37.5 Å². The summed E-state index contributed by atoms with van der Waals surface area (Å²) in [5.74, 6) is -0.839. The van der Waals surface area contributed by atoms with E-state index >= 15 is 0 Å². The van der Waals surface area contributed by atoms with Gasteiger partial charge in [0.2, 0.25) is 0 Å². The number of rotatable bonds is 1. The zero-order chi connectivity index (χ0) is 9.30. The third kappa shape index (κ3) is 2.50. The van der Waals surface area contributed by atoms with Crippen molar-refractivity contribution in [3.63, 3.8) is 0 Å². The zero-order valence-electron chi connectivity index (χ0n) is 7.51. The fourth-order valence-corrected chi connectivity index (χ4v) is 1.28. The number of hydrogen-bond acceptors (Lipinski definition) is 1. The summed E-state index contributed by atoms with van der Waals surface area (Å²) in [6.45, 7) is 5.57. The second-order valence-corrected chi connectivity index (χ2v) is 3.00. The van der Waals surface area contributed by atoms with E-state index in [9.17, 15) is 4.79 Å². The molecule has 0 aromatic heterocycles. The Labute approximate surface area is 96.8 Å². The molecule has 1 aromatic carbocycles. The van der Waals surface area contributed by atoms with Crippen molar-refractivity contribution in [1.29, 1.82) is 0 Å². The van der Waals surface area contributed by atoms with Gasteiger partial charge in [0, 0.05) is 0 Å². The van der Waals surface area contributed by atoms with Gasteiger partial charge in [0.05, 0.1) is 5.56 Å². The van der Waals surface area contributed by atoms with Gasteiger partial charge in [-0.1, -0.05) is 12.1 Å². The van der Waals surface area contributed by atoms with Crippen LogP contribution < -0.4 is 0 Å². The van der Waals surface area contributed by atoms with Crippen molar-refractivity contribution in [3.05, 3.63) is 34.4 Å². The predicted octanol–water partition coefficient (Wildman–Crippen LogP) is 1.13. The second-order valence-electron chi connectivity index (χ2n) is 3.00. The van der Waals surface area contributed by atoms with Crippen LogP contribution in [0.25, 0.3) is 0 Å². The van der Waals surface area contributed by atoms with Crippen LogP contribution in [0.4, 0.5) is 0 Å². The Hall–Kier alpha value is -0.440. The molecule has 0 atom stereocenters. The van der Waals surface area contributed by atoms with Crippen LogP contribution in [0.15, 0.2) is 12.1 Å². The predicted molar refractivity (Wildman–Crippen MR) is 57.6 cm³/mol. The first-order chi connectivity index (χ1) is 5.54. The van der Waals surface area contributed by atoms with Gasteiger partial charge >= 0.3 is 31.8 Å². The van der Waals surface area contributed by atoms with Crippen LogP contribution in [-0.4, -0.2) is 36.9 Å². The molecule has 0 unspecified atom stereocenters. The first-order valence-electron chi connectivity index (χ1n) is 3.84. The Morgan fingerprint density at radius 3 is 2.00 bits per heavy atom. The number of carboxylic acid groups (broad SMARTS) is 1. The van der Waals surface area contributed by atoms with Gasteiger partial charge in [0.15, 0.2) is 0 Å². The van der Waals surface area contributed by atoms with E-state index in [0.717, 1.165) is 16.7 Å². The molecule has 2 nitrogen and oxygen atoms in total. The fraction of sp³-hybridized carbons (Fsp3) is 0.300. The summed E-state index contributed by atoms with van der Waals surface area (Å²) in [5, 5.41) is 8.87. The number of carboxylic acids is 1. The van der Waals surface area contributed by atoms with Crippen molar-refractivity contribution < 1.29 is 9.90 Å². The van der Waals surface area contributed by atoms with Crippen molar-refractivity contribution in [3.8, 4) is 0 Å². The van der Waals surface area contributed by atoms with E-state index in [1.807, 2.05) is 32.9 Å². The minimum atomic E-state index is -0.839. The molecule has 0 aliphatic carbocycles. The molecule has 0 saturated carbocycles. The van der Waals surface area contributed by atoms with Crippen LogP contribution >= 0.6 is 0 Å². The van der Waals surface area contributed by atoms with E-state index in [-0.39, 0.29) is 25.8 Å². The number of carbonyl (C=O) groups is 1. The third-order valence-corrected chi connectivity index (χ3v) is 2.16. The summed E-state index contributed by atoms with van der Waals surface area (Å²) in [5.41, 5.74) is 3.15. The standard InChI is InChI=1S/C10H12O2.In.3H/c1-6-4-5-7(2)9(8(6)3)10(11)12;;;;/h4-5H,1-3H3,(H,11,12);;;;. The van der Waals surface area contributed by atoms with Crippen LogP contribution in [0.5, 0.6) is 0 Å². The summed E-state index contributed by atoms with van der Waals surface area (Å²) in [6, 6.07) is 3.78. The van der Waals surface area contributed by atoms with Crippen molar-refractivity contribution in [2.75, 3.05) is 0 Å². The zero-order valence-corrected chi connectivity index (χ0v) is 7.51. The fourth-order valence-electron chi connectivity index (χ4n) is 1.28. The summed E-state index contributed by atoms with van der Waals surface area (Å²) >= 11 is 0. The Morgan fingerprint density at radius 1 is 1.15 bits per heavy atom. The molecular formula is C10H15InO2. The van der Waals surface area contributed by atoms with E-state index in [2.05, 4.69) is 0 Å². The van der Waals surface area contributed by atoms with Crippen LogP contribution in [0, 0.1) is 20.8 Å². The molecule has 0 saturated heterocycles. The van der Waals surface area contributed by atoms with Crippen LogP contribution in [0.2, 0.25) is 0 Å². The summed E-state index contributed by atoms with van der Waals surface area (Å²) in [7, 11) is 0. The molecule has 1 rings (SSSR count). The monoisotopic (exact) mass is 282 g/mol. The van der Waals surface area contributed by atoms with Gasteiger partial charge in [-0.2, -0.15) is 0 Å². The van der Waals surface area contributed by atoms with Crippen molar-refractivity contribution in [2.45, 2.75) is 20.8 Å². The van der Waals surface area contributed by atoms with Gasteiger partial charge < -0.3 is 5.11 Å². The van der Waals surface area contributed by atoms with Gasteiger partial charge in [-0.3, -0.25) is 0 Å². The number of benzene rings is 1. The Morgan fingerprint density at radius 2 is 1.62 bits per heavy atom. The average molecular weight is 282 g/mol.